The van der Waals surface area contributed by atoms with Crippen LogP contribution in [0.3, 0.4) is 0 Å². The molecular weight excluding hydrogens is 267 g/mol. The zero-order valence-corrected chi connectivity index (χ0v) is 13.6. The van der Waals surface area contributed by atoms with E-state index in [2.05, 4.69) is 6.58 Å². The zero-order chi connectivity index (χ0) is 15.8. The van der Waals surface area contributed by atoms with Crippen LogP contribution >= 0.6 is 0 Å². The molecule has 114 valence electrons. The summed E-state index contributed by atoms with van der Waals surface area (Å²) in [6.07, 6.45) is 0. The van der Waals surface area contributed by atoms with E-state index < -0.39 is 18.3 Å². The molecular formula is C16H23BO4. The predicted molar refractivity (Wildman–Crippen MR) is 84.7 cm³/mol. The van der Waals surface area contributed by atoms with Crippen molar-refractivity contribution in [3.8, 4) is 11.5 Å². The monoisotopic (exact) mass is 290 g/mol. The van der Waals surface area contributed by atoms with Crippen molar-refractivity contribution in [2.75, 3.05) is 14.2 Å². The molecule has 5 heteroatoms. The van der Waals surface area contributed by atoms with E-state index >= 15 is 0 Å². The van der Waals surface area contributed by atoms with Crippen molar-refractivity contribution in [1.82, 2.24) is 0 Å². The highest BCUT2D eigenvalue weighted by Gasteiger charge is 2.52. The standard InChI is InChI=1S/C16H23BO4/c1-11(17-20-15(2,3)16(4,5)21-17)13-10-12(18-6)8-9-14(13)19-7/h8-10H,1H2,2-7H3. The molecule has 0 radical (unpaired) electrons. The number of methoxy groups -OCH3 is 2. The van der Waals surface area contributed by atoms with Crippen LogP contribution in [0.1, 0.15) is 33.3 Å². The van der Waals surface area contributed by atoms with Crippen LogP contribution in [0, 0.1) is 0 Å². The molecule has 0 aliphatic carbocycles. The van der Waals surface area contributed by atoms with Crippen LogP contribution in [-0.4, -0.2) is 32.5 Å². The third-order valence-electron chi connectivity index (χ3n) is 4.29. The lowest BCUT2D eigenvalue weighted by molar-refractivity contribution is 0.00578. The molecule has 2 rings (SSSR count). The molecule has 0 amide bonds. The van der Waals surface area contributed by atoms with E-state index in [0.29, 0.717) is 0 Å². The Balaban J connectivity index is 2.33. The Kier molecular flexibility index (Phi) is 4.09. The molecule has 0 unspecified atom stereocenters. The lowest BCUT2D eigenvalue weighted by atomic mass is 9.75. The summed E-state index contributed by atoms with van der Waals surface area (Å²) < 4.78 is 22.7. The number of hydrogen-bond donors (Lipinski definition) is 0. The summed E-state index contributed by atoms with van der Waals surface area (Å²) in [6, 6.07) is 5.58. The Morgan fingerprint density at radius 2 is 1.62 bits per heavy atom. The molecule has 0 spiro atoms. The fourth-order valence-electron chi connectivity index (χ4n) is 2.18. The summed E-state index contributed by atoms with van der Waals surface area (Å²) in [6.45, 7) is 12.2. The summed E-state index contributed by atoms with van der Waals surface area (Å²) >= 11 is 0. The Hall–Kier alpha value is -1.46. The van der Waals surface area contributed by atoms with Gasteiger partial charge >= 0.3 is 7.12 Å². The van der Waals surface area contributed by atoms with Crippen LogP contribution in [0.4, 0.5) is 0 Å². The number of benzene rings is 1. The van der Waals surface area contributed by atoms with Gasteiger partial charge in [0.25, 0.3) is 0 Å². The van der Waals surface area contributed by atoms with Gasteiger partial charge in [-0.1, -0.05) is 6.58 Å². The van der Waals surface area contributed by atoms with Crippen molar-refractivity contribution in [3.63, 3.8) is 0 Å². The van der Waals surface area contributed by atoms with Gasteiger partial charge in [-0.15, -0.1) is 0 Å². The van der Waals surface area contributed by atoms with Gasteiger partial charge in [0.1, 0.15) is 11.5 Å². The number of rotatable bonds is 4. The highest BCUT2D eigenvalue weighted by Crippen LogP contribution is 2.41. The summed E-state index contributed by atoms with van der Waals surface area (Å²) in [4.78, 5) is 0. The first kappa shape index (κ1) is 15.9. The topological polar surface area (TPSA) is 36.9 Å². The molecule has 1 aromatic carbocycles. The molecule has 0 N–H and O–H groups in total. The van der Waals surface area contributed by atoms with Crippen LogP contribution in [0.2, 0.25) is 0 Å². The molecule has 1 aromatic rings. The van der Waals surface area contributed by atoms with E-state index in [0.717, 1.165) is 22.5 Å². The fraction of sp³-hybridized carbons (Fsp3) is 0.500. The van der Waals surface area contributed by atoms with Crippen LogP contribution in [0.15, 0.2) is 24.8 Å². The SMILES string of the molecule is C=C(B1OC(C)(C)C(C)(C)O1)c1cc(OC)ccc1OC. The first-order chi connectivity index (χ1) is 9.71. The van der Waals surface area contributed by atoms with E-state index in [1.54, 1.807) is 14.2 Å². The summed E-state index contributed by atoms with van der Waals surface area (Å²) in [5.74, 6) is 1.46. The lowest BCUT2D eigenvalue weighted by Gasteiger charge is -2.32. The minimum absolute atomic E-state index is 0.396. The summed E-state index contributed by atoms with van der Waals surface area (Å²) in [7, 11) is 2.75. The van der Waals surface area contributed by atoms with E-state index in [9.17, 15) is 0 Å². The average molecular weight is 290 g/mol. The van der Waals surface area contributed by atoms with E-state index in [4.69, 9.17) is 18.8 Å². The maximum atomic E-state index is 6.04. The highest BCUT2D eigenvalue weighted by molar-refractivity contribution is 6.68. The minimum Gasteiger partial charge on any atom is -0.497 e. The second-order valence-corrected chi connectivity index (χ2v) is 6.18. The maximum absolute atomic E-state index is 6.04. The quantitative estimate of drug-likeness (QED) is 0.797. The third-order valence-corrected chi connectivity index (χ3v) is 4.29. The van der Waals surface area contributed by atoms with E-state index in [1.165, 1.54) is 0 Å². The van der Waals surface area contributed by atoms with Crippen LogP contribution in [0.5, 0.6) is 11.5 Å². The smallest absolute Gasteiger partial charge is 0.494 e. The highest BCUT2D eigenvalue weighted by atomic mass is 16.7. The summed E-state index contributed by atoms with van der Waals surface area (Å²) in [5.41, 5.74) is 0.763. The molecule has 1 aliphatic heterocycles. The normalized spacial score (nSPS) is 19.4. The molecule has 0 saturated carbocycles. The Labute approximate surface area is 127 Å². The van der Waals surface area contributed by atoms with Crippen molar-refractivity contribution < 1.29 is 18.8 Å². The minimum atomic E-state index is -0.504. The molecule has 0 bridgehead atoms. The Morgan fingerprint density at radius 3 is 2.10 bits per heavy atom. The summed E-state index contributed by atoms with van der Waals surface area (Å²) in [5, 5.41) is 0. The van der Waals surface area contributed by atoms with Crippen LogP contribution in [-0.2, 0) is 9.31 Å². The van der Waals surface area contributed by atoms with E-state index in [-0.39, 0.29) is 0 Å². The number of ether oxygens (including phenoxy) is 2. The van der Waals surface area contributed by atoms with Crippen molar-refractivity contribution >= 4 is 12.6 Å². The first-order valence-electron chi connectivity index (χ1n) is 6.98. The molecule has 1 heterocycles. The predicted octanol–water partition coefficient (Wildman–Crippen LogP) is 3.35. The third kappa shape index (κ3) is 2.80. The van der Waals surface area contributed by atoms with Crippen molar-refractivity contribution in [1.29, 1.82) is 0 Å². The number of hydrogen-bond acceptors (Lipinski definition) is 4. The molecule has 4 nitrogen and oxygen atoms in total. The molecule has 21 heavy (non-hydrogen) atoms. The molecule has 1 saturated heterocycles. The average Bonchev–Trinajstić information content (AvgIpc) is 2.66. The fourth-order valence-corrected chi connectivity index (χ4v) is 2.18. The first-order valence-corrected chi connectivity index (χ1v) is 6.98. The second-order valence-electron chi connectivity index (χ2n) is 6.18. The molecule has 1 aliphatic rings. The molecule has 1 fully saturated rings. The maximum Gasteiger partial charge on any atom is 0.494 e. The van der Waals surface area contributed by atoms with Gasteiger partial charge in [0.05, 0.1) is 25.4 Å². The van der Waals surface area contributed by atoms with Gasteiger partial charge in [-0.25, -0.2) is 0 Å². The van der Waals surface area contributed by atoms with Gasteiger partial charge in [-0.05, 0) is 51.4 Å². The van der Waals surface area contributed by atoms with Gasteiger partial charge < -0.3 is 18.8 Å². The molecule has 0 atom stereocenters. The van der Waals surface area contributed by atoms with E-state index in [1.807, 2.05) is 45.9 Å². The Bertz CT molecular complexity index is 535. The van der Waals surface area contributed by atoms with Gasteiger partial charge in [0.15, 0.2) is 0 Å². The van der Waals surface area contributed by atoms with Gasteiger partial charge in [0.2, 0.25) is 0 Å². The van der Waals surface area contributed by atoms with Gasteiger partial charge in [-0.3, -0.25) is 0 Å². The van der Waals surface area contributed by atoms with Gasteiger partial charge in [-0.2, -0.15) is 0 Å². The van der Waals surface area contributed by atoms with Crippen molar-refractivity contribution in [2.45, 2.75) is 38.9 Å². The van der Waals surface area contributed by atoms with Crippen LogP contribution < -0.4 is 9.47 Å². The molecule has 0 aromatic heterocycles. The van der Waals surface area contributed by atoms with Crippen LogP contribution in [0.25, 0.3) is 5.47 Å². The van der Waals surface area contributed by atoms with Gasteiger partial charge in [0, 0.05) is 5.56 Å². The zero-order valence-electron chi connectivity index (χ0n) is 13.6. The second kappa shape index (κ2) is 5.39. The lowest BCUT2D eigenvalue weighted by Crippen LogP contribution is -2.41. The largest absolute Gasteiger partial charge is 0.497 e. The van der Waals surface area contributed by atoms with Crippen molar-refractivity contribution in [3.05, 3.63) is 30.3 Å². The van der Waals surface area contributed by atoms with Crippen molar-refractivity contribution in [2.24, 2.45) is 0 Å². The Morgan fingerprint density at radius 1 is 1.05 bits per heavy atom.